The molecular formula is C20H38N2O2. The van der Waals surface area contributed by atoms with E-state index in [1.165, 1.54) is 51.4 Å². The lowest BCUT2D eigenvalue weighted by atomic mass is 9.81. The average Bonchev–Trinajstić information content (AvgIpc) is 2.61. The van der Waals surface area contributed by atoms with E-state index in [9.17, 15) is 10.2 Å². The molecule has 0 heterocycles. The number of nitrogens with one attached hydrogen (secondary N) is 2. The Morgan fingerprint density at radius 3 is 1.29 bits per heavy atom. The lowest BCUT2D eigenvalue weighted by Gasteiger charge is -2.34. The summed E-state index contributed by atoms with van der Waals surface area (Å²) in [5.41, 5.74) is 0. The molecule has 3 aliphatic carbocycles. The van der Waals surface area contributed by atoms with Crippen LogP contribution in [0, 0.1) is 11.8 Å². The Kier molecular flexibility index (Phi) is 7.38. The van der Waals surface area contributed by atoms with Gasteiger partial charge in [0.15, 0.2) is 0 Å². The highest BCUT2D eigenvalue weighted by Crippen LogP contribution is 2.29. The molecule has 0 unspecified atom stereocenters. The summed E-state index contributed by atoms with van der Waals surface area (Å²) in [6.07, 6.45) is 14.2. The third kappa shape index (κ3) is 5.42. The first-order valence-electron chi connectivity index (χ1n) is 10.6. The van der Waals surface area contributed by atoms with E-state index in [1.54, 1.807) is 0 Å². The summed E-state index contributed by atoms with van der Waals surface area (Å²) >= 11 is 0. The number of aliphatic hydroxyl groups excluding tert-OH is 2. The minimum Gasteiger partial charge on any atom is -0.392 e. The smallest absolute Gasteiger partial charge is 0.0693 e. The van der Waals surface area contributed by atoms with Gasteiger partial charge in [-0.05, 0) is 76.3 Å². The molecule has 0 spiro atoms. The van der Waals surface area contributed by atoms with Crippen molar-refractivity contribution >= 4 is 0 Å². The van der Waals surface area contributed by atoms with E-state index in [4.69, 9.17) is 0 Å². The number of hydrogen-bond acceptors (Lipinski definition) is 4. The fourth-order valence-electron chi connectivity index (χ4n) is 4.97. The van der Waals surface area contributed by atoms with Gasteiger partial charge in [-0.3, -0.25) is 0 Å². The van der Waals surface area contributed by atoms with Crippen LogP contribution in [0.2, 0.25) is 0 Å². The van der Waals surface area contributed by atoms with E-state index in [0.29, 0.717) is 12.1 Å². The van der Waals surface area contributed by atoms with Gasteiger partial charge in [0.05, 0.1) is 12.2 Å². The lowest BCUT2D eigenvalue weighted by Crippen LogP contribution is -2.45. The van der Waals surface area contributed by atoms with Gasteiger partial charge in [0, 0.05) is 12.1 Å². The molecular weight excluding hydrogens is 300 g/mol. The third-order valence-corrected chi connectivity index (χ3v) is 6.76. The molecule has 140 valence electrons. The zero-order valence-electron chi connectivity index (χ0n) is 15.3. The molecule has 24 heavy (non-hydrogen) atoms. The van der Waals surface area contributed by atoms with Gasteiger partial charge in [-0.2, -0.15) is 0 Å². The van der Waals surface area contributed by atoms with Crippen LogP contribution in [0.3, 0.4) is 0 Å². The lowest BCUT2D eigenvalue weighted by molar-refractivity contribution is 0.0832. The van der Waals surface area contributed by atoms with Crippen LogP contribution in [0.25, 0.3) is 0 Å². The molecule has 4 atom stereocenters. The summed E-state index contributed by atoms with van der Waals surface area (Å²) in [5, 5.41) is 27.4. The molecule has 3 saturated carbocycles. The molecule has 0 aromatic carbocycles. The summed E-state index contributed by atoms with van der Waals surface area (Å²) < 4.78 is 0. The van der Waals surface area contributed by atoms with Gasteiger partial charge in [-0.25, -0.2) is 0 Å². The average molecular weight is 339 g/mol. The molecule has 4 N–H and O–H groups in total. The van der Waals surface area contributed by atoms with Crippen molar-refractivity contribution in [2.75, 3.05) is 13.1 Å². The highest BCUT2D eigenvalue weighted by Gasteiger charge is 2.27. The molecule has 0 radical (unpaired) electrons. The van der Waals surface area contributed by atoms with Crippen molar-refractivity contribution in [3.05, 3.63) is 0 Å². The molecule has 0 aromatic heterocycles. The summed E-state index contributed by atoms with van der Waals surface area (Å²) in [6, 6.07) is 0.678. The fraction of sp³-hybridized carbons (Fsp3) is 1.00. The summed E-state index contributed by atoms with van der Waals surface area (Å²) in [6.45, 7) is 2.17. The largest absolute Gasteiger partial charge is 0.392 e. The van der Waals surface area contributed by atoms with E-state index in [-0.39, 0.29) is 12.2 Å². The van der Waals surface area contributed by atoms with Gasteiger partial charge in [0.2, 0.25) is 0 Å². The van der Waals surface area contributed by atoms with Crippen molar-refractivity contribution in [2.24, 2.45) is 11.8 Å². The molecule has 0 aliphatic heterocycles. The Balaban J connectivity index is 1.29. The SMILES string of the molecule is O[C@@H]1CCCC[C@@H]1NCC1CCC(CN[C@@H]2CCCC[C@@H]2O)CC1. The maximum absolute atomic E-state index is 10.1. The first-order chi connectivity index (χ1) is 11.7. The minimum absolute atomic E-state index is 0.124. The van der Waals surface area contributed by atoms with Crippen molar-refractivity contribution in [2.45, 2.75) is 101 Å². The van der Waals surface area contributed by atoms with Crippen molar-refractivity contribution in [1.29, 1.82) is 0 Å². The maximum Gasteiger partial charge on any atom is 0.0693 e. The van der Waals surface area contributed by atoms with Crippen LogP contribution in [0.1, 0.15) is 77.0 Å². The van der Waals surface area contributed by atoms with E-state index < -0.39 is 0 Å². The molecule has 3 rings (SSSR count). The Hall–Kier alpha value is -0.160. The predicted octanol–water partition coefficient (Wildman–Crippen LogP) is 2.58. The molecule has 0 aromatic rings. The second kappa shape index (κ2) is 9.51. The van der Waals surface area contributed by atoms with Crippen molar-refractivity contribution in [3.8, 4) is 0 Å². The Bertz CT molecular complexity index is 324. The Morgan fingerprint density at radius 1 is 0.542 bits per heavy atom. The summed E-state index contributed by atoms with van der Waals surface area (Å²) in [5.74, 6) is 1.58. The van der Waals surface area contributed by atoms with E-state index in [1.807, 2.05) is 0 Å². The quantitative estimate of drug-likeness (QED) is 0.601. The van der Waals surface area contributed by atoms with Crippen LogP contribution in [0.15, 0.2) is 0 Å². The Morgan fingerprint density at radius 2 is 0.917 bits per heavy atom. The number of hydrogen-bond donors (Lipinski definition) is 4. The second-order valence-electron chi connectivity index (χ2n) is 8.62. The fourth-order valence-corrected chi connectivity index (χ4v) is 4.97. The topological polar surface area (TPSA) is 64.5 Å². The van der Waals surface area contributed by atoms with Crippen LogP contribution >= 0.6 is 0 Å². The molecule has 4 heteroatoms. The molecule has 3 aliphatic rings. The first kappa shape index (κ1) is 18.6. The van der Waals surface area contributed by atoms with Crippen LogP contribution in [0.4, 0.5) is 0 Å². The van der Waals surface area contributed by atoms with Crippen LogP contribution < -0.4 is 10.6 Å². The highest BCUT2D eigenvalue weighted by molar-refractivity contribution is 4.84. The maximum atomic E-state index is 10.1. The van der Waals surface area contributed by atoms with E-state index >= 15 is 0 Å². The summed E-state index contributed by atoms with van der Waals surface area (Å²) in [4.78, 5) is 0. The standard InChI is InChI=1S/C20H38N2O2/c23-19-7-3-1-5-17(19)21-13-15-9-11-16(12-10-15)14-22-18-6-2-4-8-20(18)24/h15-24H,1-14H2/t15?,16?,17-,18+,19+,20-. The number of rotatable bonds is 6. The molecule has 0 bridgehead atoms. The predicted molar refractivity (Wildman–Crippen MR) is 98.0 cm³/mol. The zero-order valence-corrected chi connectivity index (χ0v) is 15.3. The third-order valence-electron chi connectivity index (χ3n) is 6.76. The van der Waals surface area contributed by atoms with Crippen LogP contribution in [-0.4, -0.2) is 47.6 Å². The van der Waals surface area contributed by atoms with Gasteiger partial charge in [0.25, 0.3) is 0 Å². The highest BCUT2D eigenvalue weighted by atomic mass is 16.3. The number of aliphatic hydroxyl groups is 2. The van der Waals surface area contributed by atoms with E-state index in [0.717, 1.165) is 50.6 Å². The molecule has 3 fully saturated rings. The Labute approximate surface area is 147 Å². The minimum atomic E-state index is -0.124. The first-order valence-corrected chi connectivity index (χ1v) is 10.6. The molecule has 4 nitrogen and oxygen atoms in total. The zero-order chi connectivity index (χ0) is 16.8. The van der Waals surface area contributed by atoms with Gasteiger partial charge in [-0.1, -0.05) is 25.7 Å². The van der Waals surface area contributed by atoms with E-state index in [2.05, 4.69) is 10.6 Å². The van der Waals surface area contributed by atoms with Crippen LogP contribution in [0.5, 0.6) is 0 Å². The van der Waals surface area contributed by atoms with Crippen LogP contribution in [-0.2, 0) is 0 Å². The van der Waals surface area contributed by atoms with Crippen molar-refractivity contribution in [1.82, 2.24) is 10.6 Å². The van der Waals surface area contributed by atoms with Crippen molar-refractivity contribution in [3.63, 3.8) is 0 Å². The van der Waals surface area contributed by atoms with Crippen molar-refractivity contribution < 1.29 is 10.2 Å². The molecule has 0 saturated heterocycles. The molecule has 0 amide bonds. The normalized spacial score (nSPS) is 41.2. The van der Waals surface area contributed by atoms with Gasteiger partial charge in [-0.15, -0.1) is 0 Å². The second-order valence-corrected chi connectivity index (χ2v) is 8.62. The summed E-state index contributed by atoms with van der Waals surface area (Å²) in [7, 11) is 0. The van der Waals surface area contributed by atoms with Gasteiger partial charge < -0.3 is 20.8 Å². The monoisotopic (exact) mass is 338 g/mol. The van der Waals surface area contributed by atoms with Gasteiger partial charge >= 0.3 is 0 Å². The van der Waals surface area contributed by atoms with Gasteiger partial charge in [0.1, 0.15) is 0 Å².